The Balaban J connectivity index is 1.59. The Morgan fingerprint density at radius 2 is 2.04 bits per heavy atom. The Labute approximate surface area is 143 Å². The minimum atomic E-state index is -0.155. The number of hydrogen-bond donors (Lipinski definition) is 1. The molecule has 3 aromatic rings. The van der Waals surface area contributed by atoms with E-state index < -0.39 is 0 Å². The van der Waals surface area contributed by atoms with Gasteiger partial charge in [0.25, 0.3) is 5.91 Å². The number of pyridine rings is 1. The average Bonchev–Trinajstić information content (AvgIpc) is 3.26. The number of nitrogens with one attached hydrogen (secondary N) is 1. The molecular formula is C17H17N5O3. The van der Waals surface area contributed by atoms with Crippen LogP contribution in [0.1, 0.15) is 33.9 Å². The van der Waals surface area contributed by atoms with E-state index in [0.717, 1.165) is 18.4 Å². The molecule has 4 rings (SSSR count). The minimum absolute atomic E-state index is 0.0606. The highest BCUT2D eigenvalue weighted by molar-refractivity contribution is 5.95. The summed E-state index contributed by atoms with van der Waals surface area (Å²) in [6.45, 7) is 0. The summed E-state index contributed by atoms with van der Waals surface area (Å²) in [4.78, 5) is 12.6. The van der Waals surface area contributed by atoms with Gasteiger partial charge in [0.1, 0.15) is 0 Å². The molecule has 0 bridgehead atoms. The number of fused-ring (bicyclic) bond motifs is 2. The maximum absolute atomic E-state index is 12.6. The molecule has 1 atom stereocenters. The lowest BCUT2D eigenvalue weighted by molar-refractivity contribution is 0.0936. The minimum Gasteiger partial charge on any atom is -0.493 e. The summed E-state index contributed by atoms with van der Waals surface area (Å²) in [7, 11) is 3.22. The summed E-state index contributed by atoms with van der Waals surface area (Å²) < 4.78 is 12.2. The van der Waals surface area contributed by atoms with Gasteiger partial charge in [-0.25, -0.2) is 4.52 Å². The van der Waals surface area contributed by atoms with Crippen LogP contribution in [0.5, 0.6) is 11.5 Å². The van der Waals surface area contributed by atoms with Crippen LogP contribution in [-0.4, -0.2) is 40.2 Å². The zero-order valence-electron chi connectivity index (χ0n) is 13.9. The number of ether oxygens (including phenoxy) is 2. The van der Waals surface area contributed by atoms with Crippen molar-refractivity contribution in [3.8, 4) is 11.5 Å². The van der Waals surface area contributed by atoms with Gasteiger partial charge in [0.15, 0.2) is 17.1 Å². The molecule has 128 valence electrons. The van der Waals surface area contributed by atoms with Crippen molar-refractivity contribution in [2.75, 3.05) is 14.2 Å². The SMILES string of the molecule is COc1cc2c(cc1OC)C(NC(=O)c1ccn3nnnc3c1)CC2. The standard InChI is InChI=1S/C17H17N5O3/c1-24-14-7-10-3-4-13(12(10)9-15(14)25-2)18-17(23)11-5-6-22-16(8-11)19-20-21-22/h5-9,13H,3-4H2,1-2H3,(H,18,23). The average molecular weight is 339 g/mol. The summed E-state index contributed by atoms with van der Waals surface area (Å²) in [6.07, 6.45) is 3.39. The number of aryl methyl sites for hydroxylation is 1. The lowest BCUT2D eigenvalue weighted by atomic mass is 10.1. The Morgan fingerprint density at radius 3 is 2.84 bits per heavy atom. The molecule has 0 saturated carbocycles. The Hall–Kier alpha value is -3.16. The number of carbonyl (C=O) groups excluding carboxylic acids is 1. The van der Waals surface area contributed by atoms with Crippen LogP contribution in [-0.2, 0) is 6.42 Å². The predicted molar refractivity (Wildman–Crippen MR) is 88.9 cm³/mol. The molecule has 0 aliphatic heterocycles. The lowest BCUT2D eigenvalue weighted by Crippen LogP contribution is -2.27. The number of hydrogen-bond acceptors (Lipinski definition) is 6. The van der Waals surface area contributed by atoms with E-state index >= 15 is 0 Å². The number of nitrogens with zero attached hydrogens (tertiary/aromatic N) is 4. The molecule has 1 aliphatic rings. The van der Waals surface area contributed by atoms with Crippen molar-refractivity contribution >= 4 is 11.6 Å². The van der Waals surface area contributed by atoms with Crippen molar-refractivity contribution in [3.05, 3.63) is 47.2 Å². The molecule has 0 spiro atoms. The first-order valence-corrected chi connectivity index (χ1v) is 7.93. The second-order valence-corrected chi connectivity index (χ2v) is 5.87. The molecule has 1 amide bonds. The van der Waals surface area contributed by atoms with Gasteiger partial charge in [0.2, 0.25) is 0 Å². The van der Waals surface area contributed by atoms with Crippen LogP contribution in [0.2, 0.25) is 0 Å². The molecule has 8 heteroatoms. The van der Waals surface area contributed by atoms with E-state index in [1.165, 1.54) is 10.1 Å². The number of aromatic nitrogens is 4. The lowest BCUT2D eigenvalue weighted by Gasteiger charge is -2.16. The molecule has 25 heavy (non-hydrogen) atoms. The second kappa shape index (κ2) is 6.04. The molecule has 1 aliphatic carbocycles. The highest BCUT2D eigenvalue weighted by Crippen LogP contribution is 2.39. The number of tetrazole rings is 1. The first kappa shape index (κ1) is 15.4. The van der Waals surface area contributed by atoms with E-state index in [4.69, 9.17) is 9.47 Å². The number of carbonyl (C=O) groups is 1. The van der Waals surface area contributed by atoms with Gasteiger partial charge < -0.3 is 14.8 Å². The zero-order chi connectivity index (χ0) is 17.4. The maximum Gasteiger partial charge on any atom is 0.251 e. The molecular weight excluding hydrogens is 322 g/mol. The molecule has 1 unspecified atom stereocenters. The smallest absolute Gasteiger partial charge is 0.251 e. The van der Waals surface area contributed by atoms with Crippen LogP contribution in [0, 0.1) is 0 Å². The number of methoxy groups -OCH3 is 2. The monoisotopic (exact) mass is 339 g/mol. The fourth-order valence-electron chi connectivity index (χ4n) is 3.21. The van der Waals surface area contributed by atoms with E-state index in [1.807, 2.05) is 12.1 Å². The van der Waals surface area contributed by atoms with Crippen molar-refractivity contribution in [3.63, 3.8) is 0 Å². The van der Waals surface area contributed by atoms with E-state index in [1.54, 1.807) is 32.5 Å². The zero-order valence-corrected chi connectivity index (χ0v) is 13.9. The van der Waals surface area contributed by atoms with E-state index in [9.17, 15) is 4.79 Å². The molecule has 2 heterocycles. The largest absolute Gasteiger partial charge is 0.493 e. The van der Waals surface area contributed by atoms with Crippen molar-refractivity contribution in [1.82, 2.24) is 25.4 Å². The van der Waals surface area contributed by atoms with E-state index in [-0.39, 0.29) is 11.9 Å². The topological polar surface area (TPSA) is 90.6 Å². The molecule has 0 saturated heterocycles. The molecule has 8 nitrogen and oxygen atoms in total. The van der Waals surface area contributed by atoms with E-state index in [0.29, 0.717) is 22.7 Å². The Morgan fingerprint density at radius 1 is 1.24 bits per heavy atom. The molecule has 0 radical (unpaired) electrons. The van der Waals surface area contributed by atoms with Crippen molar-refractivity contribution in [2.45, 2.75) is 18.9 Å². The fraction of sp³-hybridized carbons (Fsp3) is 0.294. The quantitative estimate of drug-likeness (QED) is 0.776. The van der Waals surface area contributed by atoms with Gasteiger partial charge >= 0.3 is 0 Å². The van der Waals surface area contributed by atoms with Crippen molar-refractivity contribution < 1.29 is 14.3 Å². The normalized spacial score (nSPS) is 15.8. The maximum atomic E-state index is 12.6. The van der Waals surface area contributed by atoms with Crippen LogP contribution >= 0.6 is 0 Å². The number of amides is 1. The highest BCUT2D eigenvalue weighted by atomic mass is 16.5. The third-order valence-corrected chi connectivity index (χ3v) is 4.49. The molecule has 2 aromatic heterocycles. The van der Waals surface area contributed by atoms with Gasteiger partial charge in [0.05, 0.1) is 20.3 Å². The summed E-state index contributed by atoms with van der Waals surface area (Å²) in [5.74, 6) is 1.22. The van der Waals surface area contributed by atoms with Gasteiger partial charge in [-0.2, -0.15) is 0 Å². The summed E-state index contributed by atoms with van der Waals surface area (Å²) in [5.41, 5.74) is 3.29. The molecule has 1 N–H and O–H groups in total. The van der Waals surface area contributed by atoms with Gasteiger partial charge in [-0.1, -0.05) is 0 Å². The third-order valence-electron chi connectivity index (χ3n) is 4.49. The van der Waals surface area contributed by atoms with Gasteiger partial charge in [-0.3, -0.25) is 4.79 Å². The first-order chi connectivity index (χ1) is 12.2. The Bertz CT molecular complexity index is 953. The third kappa shape index (κ3) is 2.65. The fourth-order valence-corrected chi connectivity index (χ4v) is 3.21. The summed E-state index contributed by atoms with van der Waals surface area (Å²) in [5, 5.41) is 14.3. The van der Waals surface area contributed by atoms with Gasteiger partial charge in [-0.15, -0.1) is 5.10 Å². The highest BCUT2D eigenvalue weighted by Gasteiger charge is 2.26. The van der Waals surface area contributed by atoms with Crippen molar-refractivity contribution in [2.24, 2.45) is 0 Å². The Kier molecular flexibility index (Phi) is 3.72. The second-order valence-electron chi connectivity index (χ2n) is 5.87. The molecule has 0 fully saturated rings. The van der Waals surface area contributed by atoms with Crippen LogP contribution in [0.3, 0.4) is 0 Å². The summed E-state index contributed by atoms with van der Waals surface area (Å²) in [6, 6.07) is 7.23. The van der Waals surface area contributed by atoms with Crippen LogP contribution in [0.4, 0.5) is 0 Å². The van der Waals surface area contributed by atoms with Crippen LogP contribution in [0.25, 0.3) is 5.65 Å². The first-order valence-electron chi connectivity index (χ1n) is 7.93. The van der Waals surface area contributed by atoms with E-state index in [2.05, 4.69) is 20.8 Å². The number of rotatable bonds is 4. The summed E-state index contributed by atoms with van der Waals surface area (Å²) >= 11 is 0. The van der Waals surface area contributed by atoms with Crippen LogP contribution in [0.15, 0.2) is 30.5 Å². The van der Waals surface area contributed by atoms with Crippen LogP contribution < -0.4 is 14.8 Å². The van der Waals surface area contributed by atoms with Gasteiger partial charge in [-0.05, 0) is 58.7 Å². The van der Waals surface area contributed by atoms with Gasteiger partial charge in [0, 0.05) is 11.8 Å². The number of benzene rings is 1. The molecule has 1 aromatic carbocycles. The predicted octanol–water partition coefficient (Wildman–Crippen LogP) is 1.56. The van der Waals surface area contributed by atoms with Crippen molar-refractivity contribution in [1.29, 1.82) is 0 Å².